The quantitative estimate of drug-likeness (QED) is 0.558. The second-order valence-corrected chi connectivity index (χ2v) is 8.02. The van der Waals surface area contributed by atoms with Crippen LogP contribution in [0, 0.1) is 5.92 Å². The number of nitrogens with zero attached hydrogens (tertiary/aromatic N) is 2. The number of benzene rings is 2. The smallest absolute Gasteiger partial charge is 0.258 e. The summed E-state index contributed by atoms with van der Waals surface area (Å²) in [5, 5.41) is 6.97. The highest BCUT2D eigenvalue weighted by Crippen LogP contribution is 2.25. The van der Waals surface area contributed by atoms with Gasteiger partial charge in [-0.1, -0.05) is 21.1 Å². The predicted octanol–water partition coefficient (Wildman–Crippen LogP) is 4.09. The number of aromatic nitrogens is 2. The maximum Gasteiger partial charge on any atom is 0.258 e. The summed E-state index contributed by atoms with van der Waals surface area (Å²) >= 11 is 3.41. The predicted molar refractivity (Wildman–Crippen MR) is 115 cm³/mol. The number of rotatable bonds is 7. The Morgan fingerprint density at radius 2 is 1.77 bits per heavy atom. The standard InChI is InChI=1S/C22H22BrN3O4/c23-18-5-1-17(2-6-18)22-25-21(26-30-22)16-3-7-19(8-4-16)29-14-20(27)24-13-15-9-11-28-12-10-15/h1-8,15H,9-14H2,(H,24,27). The van der Waals surface area contributed by atoms with Crippen LogP contribution in [-0.2, 0) is 9.53 Å². The fraction of sp³-hybridized carbons (Fsp3) is 0.318. The average molecular weight is 472 g/mol. The van der Waals surface area contributed by atoms with Crippen molar-refractivity contribution in [1.82, 2.24) is 15.5 Å². The molecule has 8 heteroatoms. The van der Waals surface area contributed by atoms with Gasteiger partial charge in [0.1, 0.15) is 5.75 Å². The minimum atomic E-state index is -0.122. The molecule has 1 amide bonds. The van der Waals surface area contributed by atoms with Crippen LogP contribution < -0.4 is 10.1 Å². The van der Waals surface area contributed by atoms with E-state index in [2.05, 4.69) is 31.4 Å². The molecule has 1 aliphatic rings. The zero-order valence-corrected chi connectivity index (χ0v) is 17.9. The molecule has 0 unspecified atom stereocenters. The van der Waals surface area contributed by atoms with Gasteiger partial charge in [0.2, 0.25) is 5.82 Å². The molecule has 1 aromatic heterocycles. The maximum absolute atomic E-state index is 12.0. The molecule has 0 aliphatic carbocycles. The van der Waals surface area contributed by atoms with Gasteiger partial charge in [0.05, 0.1) is 0 Å². The summed E-state index contributed by atoms with van der Waals surface area (Å²) in [6.07, 6.45) is 1.98. The van der Waals surface area contributed by atoms with Gasteiger partial charge in [-0.2, -0.15) is 4.98 Å². The van der Waals surface area contributed by atoms with Gasteiger partial charge in [0.15, 0.2) is 6.61 Å². The van der Waals surface area contributed by atoms with Crippen molar-refractivity contribution in [2.75, 3.05) is 26.4 Å². The minimum Gasteiger partial charge on any atom is -0.484 e. The molecular weight excluding hydrogens is 450 g/mol. The lowest BCUT2D eigenvalue weighted by Crippen LogP contribution is -2.35. The number of carbonyl (C=O) groups excluding carboxylic acids is 1. The van der Waals surface area contributed by atoms with Gasteiger partial charge >= 0.3 is 0 Å². The maximum atomic E-state index is 12.0. The molecule has 1 fully saturated rings. The Bertz CT molecular complexity index is 967. The largest absolute Gasteiger partial charge is 0.484 e. The Hall–Kier alpha value is -2.71. The molecule has 0 saturated carbocycles. The van der Waals surface area contributed by atoms with E-state index in [0.717, 1.165) is 41.7 Å². The van der Waals surface area contributed by atoms with Crippen molar-refractivity contribution in [2.45, 2.75) is 12.8 Å². The lowest BCUT2D eigenvalue weighted by Gasteiger charge is -2.22. The molecule has 7 nitrogen and oxygen atoms in total. The van der Waals surface area contributed by atoms with E-state index in [1.165, 1.54) is 0 Å². The molecule has 1 aliphatic heterocycles. The average Bonchev–Trinajstić information content (AvgIpc) is 3.28. The Morgan fingerprint density at radius 3 is 2.50 bits per heavy atom. The summed E-state index contributed by atoms with van der Waals surface area (Å²) in [7, 11) is 0. The topological polar surface area (TPSA) is 86.5 Å². The number of hydrogen-bond donors (Lipinski definition) is 1. The van der Waals surface area contributed by atoms with Gasteiger partial charge in [-0.15, -0.1) is 0 Å². The van der Waals surface area contributed by atoms with Gasteiger partial charge in [0, 0.05) is 35.4 Å². The van der Waals surface area contributed by atoms with Crippen LogP contribution in [0.4, 0.5) is 0 Å². The molecule has 0 radical (unpaired) electrons. The highest BCUT2D eigenvalue weighted by atomic mass is 79.9. The SMILES string of the molecule is O=C(COc1ccc(-c2noc(-c3ccc(Br)cc3)n2)cc1)NCC1CCOCC1. The first-order valence-electron chi connectivity index (χ1n) is 9.85. The number of carbonyl (C=O) groups is 1. The second kappa shape index (κ2) is 9.86. The highest BCUT2D eigenvalue weighted by Gasteiger charge is 2.15. The van der Waals surface area contributed by atoms with E-state index in [-0.39, 0.29) is 12.5 Å². The van der Waals surface area contributed by atoms with Crippen molar-refractivity contribution < 1.29 is 18.8 Å². The number of halogens is 1. The molecular formula is C22H22BrN3O4. The molecule has 1 saturated heterocycles. The molecule has 2 heterocycles. The fourth-order valence-electron chi connectivity index (χ4n) is 3.16. The van der Waals surface area contributed by atoms with Crippen LogP contribution in [0.5, 0.6) is 5.75 Å². The van der Waals surface area contributed by atoms with Crippen LogP contribution in [0.1, 0.15) is 12.8 Å². The van der Waals surface area contributed by atoms with E-state index in [0.29, 0.717) is 29.9 Å². The summed E-state index contributed by atoms with van der Waals surface area (Å²) < 4.78 is 17.3. The van der Waals surface area contributed by atoms with Crippen molar-refractivity contribution in [1.29, 1.82) is 0 Å². The number of ether oxygens (including phenoxy) is 2. The van der Waals surface area contributed by atoms with Gasteiger partial charge < -0.3 is 19.3 Å². The summed E-state index contributed by atoms with van der Waals surface area (Å²) in [5.41, 5.74) is 1.65. The molecule has 4 rings (SSSR count). The first kappa shape index (κ1) is 20.6. The number of hydrogen-bond acceptors (Lipinski definition) is 6. The number of nitrogens with one attached hydrogen (secondary N) is 1. The molecule has 2 aromatic carbocycles. The van der Waals surface area contributed by atoms with Crippen LogP contribution >= 0.6 is 15.9 Å². The monoisotopic (exact) mass is 471 g/mol. The molecule has 0 atom stereocenters. The molecule has 30 heavy (non-hydrogen) atoms. The summed E-state index contributed by atoms with van der Waals surface area (Å²) in [5.74, 6) is 1.92. The number of amides is 1. The van der Waals surface area contributed by atoms with Crippen LogP contribution in [-0.4, -0.2) is 42.4 Å². The Balaban J connectivity index is 1.28. The zero-order chi connectivity index (χ0) is 20.8. The molecule has 1 N–H and O–H groups in total. The van der Waals surface area contributed by atoms with Gasteiger partial charge in [-0.05, 0) is 67.3 Å². The molecule has 0 bridgehead atoms. The fourth-order valence-corrected chi connectivity index (χ4v) is 3.42. The lowest BCUT2D eigenvalue weighted by molar-refractivity contribution is -0.123. The molecule has 3 aromatic rings. The third-order valence-electron chi connectivity index (χ3n) is 4.93. The summed E-state index contributed by atoms with van der Waals surface area (Å²) in [4.78, 5) is 16.4. The van der Waals surface area contributed by atoms with E-state index in [1.807, 2.05) is 36.4 Å². The Kier molecular flexibility index (Phi) is 6.76. The van der Waals surface area contributed by atoms with E-state index >= 15 is 0 Å². The lowest BCUT2D eigenvalue weighted by atomic mass is 10.0. The van der Waals surface area contributed by atoms with Crippen molar-refractivity contribution in [3.05, 3.63) is 53.0 Å². The molecule has 0 spiro atoms. The van der Waals surface area contributed by atoms with Crippen molar-refractivity contribution in [2.24, 2.45) is 5.92 Å². The minimum absolute atomic E-state index is 0.0154. The first-order valence-corrected chi connectivity index (χ1v) is 10.6. The first-order chi connectivity index (χ1) is 14.7. The normalized spacial score (nSPS) is 14.4. The second-order valence-electron chi connectivity index (χ2n) is 7.10. The van der Waals surface area contributed by atoms with Crippen LogP contribution in [0.25, 0.3) is 22.8 Å². The molecule has 156 valence electrons. The van der Waals surface area contributed by atoms with Crippen molar-refractivity contribution in [3.63, 3.8) is 0 Å². The van der Waals surface area contributed by atoms with E-state index in [1.54, 1.807) is 12.1 Å². The van der Waals surface area contributed by atoms with E-state index < -0.39 is 0 Å². The summed E-state index contributed by atoms with van der Waals surface area (Å²) in [6.45, 7) is 2.20. The summed E-state index contributed by atoms with van der Waals surface area (Å²) in [6, 6.07) is 14.9. The Morgan fingerprint density at radius 1 is 1.07 bits per heavy atom. The van der Waals surface area contributed by atoms with Gasteiger partial charge in [0.25, 0.3) is 11.8 Å². The highest BCUT2D eigenvalue weighted by molar-refractivity contribution is 9.10. The van der Waals surface area contributed by atoms with E-state index in [4.69, 9.17) is 14.0 Å². The Labute approximate surface area is 182 Å². The zero-order valence-electron chi connectivity index (χ0n) is 16.3. The van der Waals surface area contributed by atoms with E-state index in [9.17, 15) is 4.79 Å². The van der Waals surface area contributed by atoms with Gasteiger partial charge in [-0.25, -0.2) is 0 Å². The third kappa shape index (κ3) is 5.46. The van der Waals surface area contributed by atoms with Crippen molar-refractivity contribution >= 4 is 21.8 Å². The van der Waals surface area contributed by atoms with Gasteiger partial charge in [-0.3, -0.25) is 4.79 Å². The van der Waals surface area contributed by atoms with Crippen LogP contribution in [0.3, 0.4) is 0 Å². The third-order valence-corrected chi connectivity index (χ3v) is 5.46. The van der Waals surface area contributed by atoms with Crippen molar-refractivity contribution in [3.8, 4) is 28.6 Å². The van der Waals surface area contributed by atoms with Crippen LogP contribution in [0.15, 0.2) is 57.5 Å². The van der Waals surface area contributed by atoms with Crippen LogP contribution in [0.2, 0.25) is 0 Å².